The van der Waals surface area contributed by atoms with Gasteiger partial charge in [-0.1, -0.05) is 35.9 Å². The maximum Gasteiger partial charge on any atom is 0.240 e. The fourth-order valence-corrected chi connectivity index (χ4v) is 3.15. The lowest BCUT2D eigenvalue weighted by Crippen LogP contribution is -2.23. The number of nitrogens with zero attached hydrogens (tertiary/aromatic N) is 1. The molecule has 0 aliphatic heterocycles. The number of sulfonamides is 1. The molecule has 0 saturated heterocycles. The van der Waals surface area contributed by atoms with Crippen LogP contribution in [-0.2, 0) is 23.1 Å². The van der Waals surface area contributed by atoms with Gasteiger partial charge in [-0.2, -0.15) is 0 Å². The third-order valence-corrected chi connectivity index (χ3v) is 4.78. The van der Waals surface area contributed by atoms with Crippen LogP contribution in [0.5, 0.6) is 0 Å². The molecule has 0 aromatic heterocycles. The van der Waals surface area contributed by atoms with E-state index in [4.69, 9.17) is 11.6 Å². The van der Waals surface area contributed by atoms with Crippen LogP contribution < -0.4 is 4.72 Å². The molecule has 2 aromatic rings. The predicted molar refractivity (Wildman–Crippen MR) is 89.3 cm³/mol. The van der Waals surface area contributed by atoms with E-state index < -0.39 is 10.0 Å². The average molecular weight is 339 g/mol. The predicted octanol–water partition coefficient (Wildman–Crippen LogP) is 2.88. The van der Waals surface area contributed by atoms with E-state index in [9.17, 15) is 8.42 Å². The Labute approximate surface area is 136 Å². The topological polar surface area (TPSA) is 49.4 Å². The summed E-state index contributed by atoms with van der Waals surface area (Å²) in [5.74, 6) is 0. The van der Waals surface area contributed by atoms with Crippen LogP contribution in [0.1, 0.15) is 11.1 Å². The molecule has 0 atom stereocenters. The van der Waals surface area contributed by atoms with E-state index >= 15 is 0 Å². The first-order valence-corrected chi connectivity index (χ1v) is 8.71. The first-order valence-electron chi connectivity index (χ1n) is 6.84. The SMILES string of the molecule is CN(C)Cc1ccc(CNS(=O)(=O)c2ccc(Cl)cc2)cc1. The van der Waals surface area contributed by atoms with E-state index in [2.05, 4.69) is 9.62 Å². The largest absolute Gasteiger partial charge is 0.305 e. The molecular weight excluding hydrogens is 320 g/mol. The highest BCUT2D eigenvalue weighted by Crippen LogP contribution is 2.14. The van der Waals surface area contributed by atoms with Gasteiger partial charge in [0.15, 0.2) is 0 Å². The Morgan fingerprint density at radius 2 is 1.50 bits per heavy atom. The van der Waals surface area contributed by atoms with Crippen LogP contribution >= 0.6 is 11.6 Å². The zero-order valence-electron chi connectivity index (χ0n) is 12.6. The molecule has 0 bridgehead atoms. The number of benzene rings is 2. The smallest absolute Gasteiger partial charge is 0.240 e. The van der Waals surface area contributed by atoms with Gasteiger partial charge in [0.25, 0.3) is 0 Å². The molecule has 2 rings (SSSR count). The fraction of sp³-hybridized carbons (Fsp3) is 0.250. The van der Waals surface area contributed by atoms with Crippen molar-refractivity contribution in [1.29, 1.82) is 0 Å². The Kier molecular flexibility index (Phi) is 5.58. The van der Waals surface area contributed by atoms with Gasteiger partial charge < -0.3 is 4.90 Å². The molecule has 118 valence electrons. The molecule has 0 spiro atoms. The van der Waals surface area contributed by atoms with Crippen molar-refractivity contribution in [2.45, 2.75) is 18.0 Å². The first-order chi connectivity index (χ1) is 10.4. The minimum atomic E-state index is -3.52. The summed E-state index contributed by atoms with van der Waals surface area (Å²) in [7, 11) is 0.495. The Balaban J connectivity index is 2.01. The van der Waals surface area contributed by atoms with E-state index in [1.54, 1.807) is 12.1 Å². The lowest BCUT2D eigenvalue weighted by Gasteiger charge is -2.11. The van der Waals surface area contributed by atoms with Crippen LogP contribution in [0.4, 0.5) is 0 Å². The number of halogens is 1. The maximum atomic E-state index is 12.2. The molecule has 0 radical (unpaired) electrons. The molecule has 0 fully saturated rings. The average Bonchev–Trinajstić information content (AvgIpc) is 2.46. The van der Waals surface area contributed by atoms with E-state index in [1.807, 2.05) is 38.4 Å². The van der Waals surface area contributed by atoms with Crippen molar-refractivity contribution in [3.8, 4) is 0 Å². The van der Waals surface area contributed by atoms with Crippen molar-refractivity contribution in [2.24, 2.45) is 0 Å². The van der Waals surface area contributed by atoms with Gasteiger partial charge in [0.1, 0.15) is 0 Å². The minimum Gasteiger partial charge on any atom is -0.305 e. The molecule has 0 aliphatic carbocycles. The third-order valence-electron chi connectivity index (χ3n) is 3.11. The van der Waals surface area contributed by atoms with Crippen LogP contribution in [0, 0.1) is 0 Å². The molecule has 0 aliphatic rings. The van der Waals surface area contributed by atoms with Crippen LogP contribution in [0.25, 0.3) is 0 Å². The first kappa shape index (κ1) is 17.0. The van der Waals surface area contributed by atoms with Gasteiger partial charge in [-0.25, -0.2) is 13.1 Å². The Morgan fingerprint density at radius 3 is 2.05 bits per heavy atom. The van der Waals surface area contributed by atoms with E-state index in [0.717, 1.165) is 12.1 Å². The summed E-state index contributed by atoms with van der Waals surface area (Å²) in [5.41, 5.74) is 2.11. The van der Waals surface area contributed by atoms with Crippen LogP contribution in [0.15, 0.2) is 53.4 Å². The highest BCUT2D eigenvalue weighted by atomic mass is 35.5. The van der Waals surface area contributed by atoms with Crippen molar-refractivity contribution in [3.05, 3.63) is 64.7 Å². The molecule has 2 aromatic carbocycles. The van der Waals surface area contributed by atoms with E-state index in [-0.39, 0.29) is 11.4 Å². The molecule has 22 heavy (non-hydrogen) atoms. The van der Waals surface area contributed by atoms with Gasteiger partial charge >= 0.3 is 0 Å². The fourth-order valence-electron chi connectivity index (χ4n) is 2.00. The molecule has 0 heterocycles. The number of nitrogens with one attached hydrogen (secondary N) is 1. The summed E-state index contributed by atoms with van der Waals surface area (Å²) < 4.78 is 26.9. The van der Waals surface area contributed by atoms with Gasteiger partial charge in [0.05, 0.1) is 4.90 Å². The van der Waals surface area contributed by atoms with Gasteiger partial charge in [-0.05, 0) is 49.5 Å². The van der Waals surface area contributed by atoms with Gasteiger partial charge in [-0.15, -0.1) is 0 Å². The highest BCUT2D eigenvalue weighted by Gasteiger charge is 2.13. The highest BCUT2D eigenvalue weighted by molar-refractivity contribution is 7.89. The van der Waals surface area contributed by atoms with Crippen molar-refractivity contribution < 1.29 is 8.42 Å². The summed E-state index contributed by atoms with van der Waals surface area (Å²) in [6.45, 7) is 1.12. The third kappa shape index (κ3) is 4.81. The summed E-state index contributed by atoms with van der Waals surface area (Å²) in [6, 6.07) is 14.0. The second-order valence-electron chi connectivity index (χ2n) is 5.33. The Morgan fingerprint density at radius 1 is 0.955 bits per heavy atom. The van der Waals surface area contributed by atoms with Gasteiger partial charge in [-0.3, -0.25) is 0 Å². The molecule has 0 unspecified atom stereocenters. The quantitative estimate of drug-likeness (QED) is 0.881. The van der Waals surface area contributed by atoms with Crippen molar-refractivity contribution in [1.82, 2.24) is 9.62 Å². The normalized spacial score (nSPS) is 11.8. The zero-order valence-corrected chi connectivity index (χ0v) is 14.2. The van der Waals surface area contributed by atoms with Crippen molar-refractivity contribution >= 4 is 21.6 Å². The standard InChI is InChI=1S/C16H19ClN2O2S/c1-19(2)12-14-5-3-13(4-6-14)11-18-22(20,21)16-9-7-15(17)8-10-16/h3-10,18H,11-12H2,1-2H3. The Bertz CT molecular complexity index is 711. The summed E-state index contributed by atoms with van der Waals surface area (Å²) in [5, 5.41) is 0.510. The van der Waals surface area contributed by atoms with Crippen LogP contribution in [0.3, 0.4) is 0 Å². The monoisotopic (exact) mass is 338 g/mol. The second kappa shape index (κ2) is 7.24. The second-order valence-corrected chi connectivity index (χ2v) is 7.54. The lowest BCUT2D eigenvalue weighted by molar-refractivity contribution is 0.402. The van der Waals surface area contributed by atoms with Gasteiger partial charge in [0, 0.05) is 18.1 Å². The zero-order chi connectivity index (χ0) is 16.2. The van der Waals surface area contributed by atoms with E-state index in [0.29, 0.717) is 5.02 Å². The minimum absolute atomic E-state index is 0.209. The van der Waals surface area contributed by atoms with Crippen LogP contribution in [-0.4, -0.2) is 27.4 Å². The van der Waals surface area contributed by atoms with Crippen molar-refractivity contribution in [3.63, 3.8) is 0 Å². The number of hydrogen-bond donors (Lipinski definition) is 1. The maximum absolute atomic E-state index is 12.2. The number of hydrogen-bond acceptors (Lipinski definition) is 3. The van der Waals surface area contributed by atoms with Gasteiger partial charge in [0.2, 0.25) is 10.0 Å². The summed E-state index contributed by atoms with van der Waals surface area (Å²) in [4.78, 5) is 2.29. The summed E-state index contributed by atoms with van der Waals surface area (Å²) in [6.07, 6.45) is 0. The van der Waals surface area contributed by atoms with Crippen LogP contribution in [0.2, 0.25) is 5.02 Å². The Hall–Kier alpha value is -1.40. The molecule has 0 amide bonds. The van der Waals surface area contributed by atoms with E-state index in [1.165, 1.54) is 17.7 Å². The molecule has 4 nitrogen and oxygen atoms in total. The number of rotatable bonds is 6. The van der Waals surface area contributed by atoms with Crippen molar-refractivity contribution in [2.75, 3.05) is 14.1 Å². The molecule has 6 heteroatoms. The molecule has 1 N–H and O–H groups in total. The molecular formula is C16H19ClN2O2S. The summed E-state index contributed by atoms with van der Waals surface area (Å²) >= 11 is 5.77. The molecule has 0 saturated carbocycles. The lowest BCUT2D eigenvalue weighted by atomic mass is 10.1.